The Kier molecular flexibility index (Phi) is 6.31. The van der Waals surface area contributed by atoms with E-state index in [2.05, 4.69) is 5.32 Å². The fraction of sp³-hybridized carbons (Fsp3) is 0.500. The quantitative estimate of drug-likeness (QED) is 0.757. The first-order chi connectivity index (χ1) is 8.93. The maximum Gasteiger partial charge on any atom is 0.221 e. The maximum atomic E-state index is 12.7. The number of aliphatic hydroxyl groups is 1. The molecule has 19 heavy (non-hydrogen) atoms. The lowest BCUT2D eigenvalue weighted by molar-refractivity contribution is -0.122. The predicted octanol–water partition coefficient (Wildman–Crippen LogP) is 2.59. The predicted molar refractivity (Wildman–Crippen MR) is 75.7 cm³/mol. The van der Waals surface area contributed by atoms with Crippen molar-refractivity contribution in [2.75, 3.05) is 12.4 Å². The second-order valence-electron chi connectivity index (χ2n) is 4.96. The fourth-order valence-corrected chi connectivity index (χ4v) is 2.43. The molecule has 0 spiro atoms. The zero-order chi connectivity index (χ0) is 14.3. The summed E-state index contributed by atoms with van der Waals surface area (Å²) in [6, 6.07) is 6.22. The standard InChI is InChI=1S/C14H20FNO2S/c1-14(2,8-9-17)16-13(18)7-10-19-12-5-3-11(15)4-6-12/h3-6,17H,7-10H2,1-2H3,(H,16,18). The molecule has 0 aliphatic heterocycles. The number of hydrogen-bond donors (Lipinski definition) is 2. The normalized spacial score (nSPS) is 11.4. The van der Waals surface area contributed by atoms with E-state index >= 15 is 0 Å². The number of thioether (sulfide) groups is 1. The Morgan fingerprint density at radius 2 is 2.00 bits per heavy atom. The summed E-state index contributed by atoms with van der Waals surface area (Å²) in [5.41, 5.74) is -0.383. The van der Waals surface area contributed by atoms with Crippen molar-refractivity contribution in [1.29, 1.82) is 0 Å². The summed E-state index contributed by atoms with van der Waals surface area (Å²) in [5, 5.41) is 11.8. The Morgan fingerprint density at radius 3 is 2.58 bits per heavy atom. The molecule has 106 valence electrons. The van der Waals surface area contributed by atoms with E-state index in [4.69, 9.17) is 5.11 Å². The van der Waals surface area contributed by atoms with E-state index < -0.39 is 0 Å². The summed E-state index contributed by atoms with van der Waals surface area (Å²) >= 11 is 1.52. The first-order valence-electron chi connectivity index (χ1n) is 6.23. The Balaban J connectivity index is 2.29. The molecule has 0 saturated heterocycles. The van der Waals surface area contributed by atoms with Gasteiger partial charge in [-0.25, -0.2) is 4.39 Å². The van der Waals surface area contributed by atoms with Crippen LogP contribution in [-0.4, -0.2) is 28.9 Å². The lowest BCUT2D eigenvalue weighted by Crippen LogP contribution is -2.44. The summed E-state index contributed by atoms with van der Waals surface area (Å²) in [6.07, 6.45) is 0.931. The van der Waals surface area contributed by atoms with Crippen LogP contribution < -0.4 is 5.32 Å². The van der Waals surface area contributed by atoms with Gasteiger partial charge in [0.1, 0.15) is 5.82 Å². The second-order valence-corrected chi connectivity index (χ2v) is 6.13. The SMILES string of the molecule is CC(C)(CCO)NC(=O)CCSc1ccc(F)cc1. The number of halogens is 1. The second kappa shape index (κ2) is 7.50. The molecule has 0 fully saturated rings. The molecule has 3 nitrogen and oxygen atoms in total. The van der Waals surface area contributed by atoms with Crippen LogP contribution in [0.1, 0.15) is 26.7 Å². The maximum absolute atomic E-state index is 12.7. The number of rotatable bonds is 7. The van der Waals surface area contributed by atoms with E-state index in [-0.39, 0.29) is 23.9 Å². The van der Waals surface area contributed by atoms with Gasteiger partial charge in [-0.15, -0.1) is 11.8 Å². The van der Waals surface area contributed by atoms with Gasteiger partial charge < -0.3 is 10.4 Å². The molecule has 0 saturated carbocycles. The lowest BCUT2D eigenvalue weighted by Gasteiger charge is -2.25. The Hall–Kier alpha value is -1.07. The molecule has 1 amide bonds. The highest BCUT2D eigenvalue weighted by molar-refractivity contribution is 7.99. The number of benzene rings is 1. The number of amides is 1. The molecule has 0 atom stereocenters. The zero-order valence-corrected chi connectivity index (χ0v) is 12.1. The van der Waals surface area contributed by atoms with Crippen LogP contribution in [0.2, 0.25) is 0 Å². The lowest BCUT2D eigenvalue weighted by atomic mass is 10.0. The minimum atomic E-state index is -0.383. The van der Waals surface area contributed by atoms with Crippen LogP contribution in [0, 0.1) is 5.82 Å². The molecule has 1 aromatic rings. The van der Waals surface area contributed by atoms with Crippen molar-refractivity contribution >= 4 is 17.7 Å². The third kappa shape index (κ3) is 6.59. The van der Waals surface area contributed by atoms with Gasteiger partial charge >= 0.3 is 0 Å². The van der Waals surface area contributed by atoms with Crippen molar-refractivity contribution in [3.05, 3.63) is 30.1 Å². The summed E-state index contributed by atoms with van der Waals surface area (Å²) < 4.78 is 12.7. The number of carbonyl (C=O) groups is 1. The van der Waals surface area contributed by atoms with E-state index in [1.54, 1.807) is 12.1 Å². The molecule has 2 N–H and O–H groups in total. The molecule has 0 aromatic heterocycles. The molecule has 0 aliphatic carbocycles. The zero-order valence-electron chi connectivity index (χ0n) is 11.3. The summed E-state index contributed by atoms with van der Waals surface area (Å²) in [7, 11) is 0. The molecule has 1 rings (SSSR count). The van der Waals surface area contributed by atoms with E-state index in [1.165, 1.54) is 23.9 Å². The summed E-state index contributed by atoms with van der Waals surface area (Å²) in [6.45, 7) is 3.82. The number of hydrogen-bond acceptors (Lipinski definition) is 3. The first-order valence-corrected chi connectivity index (χ1v) is 7.22. The van der Waals surface area contributed by atoms with Crippen molar-refractivity contribution in [2.24, 2.45) is 0 Å². The Morgan fingerprint density at radius 1 is 1.37 bits per heavy atom. The van der Waals surface area contributed by atoms with Crippen LogP contribution in [-0.2, 0) is 4.79 Å². The van der Waals surface area contributed by atoms with Crippen LogP contribution in [0.25, 0.3) is 0 Å². The van der Waals surface area contributed by atoms with E-state index in [0.29, 0.717) is 18.6 Å². The van der Waals surface area contributed by atoms with Crippen molar-refractivity contribution in [3.63, 3.8) is 0 Å². The van der Waals surface area contributed by atoms with Gasteiger partial charge in [0.2, 0.25) is 5.91 Å². The van der Waals surface area contributed by atoms with E-state index in [9.17, 15) is 9.18 Å². The van der Waals surface area contributed by atoms with Crippen LogP contribution >= 0.6 is 11.8 Å². The number of aliphatic hydroxyl groups excluding tert-OH is 1. The Bertz CT molecular complexity index is 406. The largest absolute Gasteiger partial charge is 0.396 e. The van der Waals surface area contributed by atoms with Crippen molar-refractivity contribution in [3.8, 4) is 0 Å². The topological polar surface area (TPSA) is 49.3 Å². The number of nitrogens with one attached hydrogen (secondary N) is 1. The molecule has 0 heterocycles. The molecule has 0 unspecified atom stereocenters. The van der Waals surface area contributed by atoms with Crippen molar-refractivity contribution in [1.82, 2.24) is 5.32 Å². The third-order valence-electron chi connectivity index (χ3n) is 2.63. The highest BCUT2D eigenvalue weighted by Crippen LogP contribution is 2.19. The highest BCUT2D eigenvalue weighted by Gasteiger charge is 2.19. The van der Waals surface area contributed by atoms with Crippen molar-refractivity contribution in [2.45, 2.75) is 37.1 Å². The van der Waals surface area contributed by atoms with E-state index in [0.717, 1.165) is 4.90 Å². The monoisotopic (exact) mass is 285 g/mol. The van der Waals surface area contributed by atoms with Gasteiger partial charge in [-0.05, 0) is 44.5 Å². The third-order valence-corrected chi connectivity index (χ3v) is 3.64. The van der Waals surface area contributed by atoms with Gasteiger partial charge in [-0.2, -0.15) is 0 Å². The van der Waals surface area contributed by atoms with E-state index in [1.807, 2.05) is 13.8 Å². The smallest absolute Gasteiger partial charge is 0.221 e. The van der Waals surface area contributed by atoms with Crippen LogP contribution in [0.15, 0.2) is 29.2 Å². The molecular weight excluding hydrogens is 265 g/mol. The summed E-state index contributed by atoms with van der Waals surface area (Å²) in [4.78, 5) is 12.7. The minimum Gasteiger partial charge on any atom is -0.396 e. The van der Waals surface area contributed by atoms with Gasteiger partial charge in [-0.3, -0.25) is 4.79 Å². The average molecular weight is 285 g/mol. The van der Waals surface area contributed by atoms with Gasteiger partial charge in [0.15, 0.2) is 0 Å². The minimum absolute atomic E-state index is 0.0342. The molecule has 0 radical (unpaired) electrons. The van der Waals surface area contributed by atoms with Crippen LogP contribution in [0.5, 0.6) is 0 Å². The van der Waals surface area contributed by atoms with Gasteiger partial charge in [0.05, 0.1) is 0 Å². The van der Waals surface area contributed by atoms with Crippen molar-refractivity contribution < 1.29 is 14.3 Å². The highest BCUT2D eigenvalue weighted by atomic mass is 32.2. The van der Waals surface area contributed by atoms with Gasteiger partial charge in [0, 0.05) is 29.2 Å². The van der Waals surface area contributed by atoms with Crippen LogP contribution in [0.4, 0.5) is 4.39 Å². The fourth-order valence-electron chi connectivity index (χ4n) is 1.57. The molecule has 0 aliphatic rings. The molecule has 1 aromatic carbocycles. The first kappa shape index (κ1) is 16.0. The number of carbonyl (C=O) groups excluding carboxylic acids is 1. The van der Waals surface area contributed by atoms with Gasteiger partial charge in [-0.1, -0.05) is 0 Å². The molecular formula is C14H20FNO2S. The molecule has 5 heteroatoms. The Labute approximate surface area is 117 Å². The average Bonchev–Trinajstić information content (AvgIpc) is 2.30. The summed E-state index contributed by atoms with van der Waals surface area (Å²) in [5.74, 6) is 0.355. The van der Waals surface area contributed by atoms with Gasteiger partial charge in [0.25, 0.3) is 0 Å². The molecule has 0 bridgehead atoms. The van der Waals surface area contributed by atoms with Crippen LogP contribution in [0.3, 0.4) is 0 Å².